The van der Waals surface area contributed by atoms with Gasteiger partial charge in [-0.2, -0.15) is 0 Å². The zero-order chi connectivity index (χ0) is 18.1. The Balaban J connectivity index is 1.66. The smallest absolute Gasteiger partial charge is 0.319 e. The lowest BCUT2D eigenvalue weighted by atomic mass is 10.2. The number of rotatable bonds is 7. The summed E-state index contributed by atoms with van der Waals surface area (Å²) < 4.78 is 18.5. The van der Waals surface area contributed by atoms with Crippen molar-refractivity contribution >= 4 is 17.6 Å². The van der Waals surface area contributed by atoms with E-state index in [1.807, 2.05) is 0 Å². The van der Waals surface area contributed by atoms with Gasteiger partial charge in [-0.05, 0) is 30.7 Å². The Bertz CT molecular complexity index is 737. The van der Waals surface area contributed by atoms with Crippen molar-refractivity contribution in [3.8, 4) is 5.75 Å². The van der Waals surface area contributed by atoms with Gasteiger partial charge in [-0.15, -0.1) is 0 Å². The molecule has 0 aliphatic carbocycles. The highest BCUT2D eigenvalue weighted by atomic mass is 19.1. The minimum Gasteiger partial charge on any atom is -0.497 e. The molecule has 6 nitrogen and oxygen atoms in total. The van der Waals surface area contributed by atoms with E-state index in [9.17, 15) is 14.0 Å². The number of hydrogen-bond acceptors (Lipinski definition) is 3. The Morgan fingerprint density at radius 1 is 1.04 bits per heavy atom. The average Bonchev–Trinajstić information content (AvgIpc) is 2.61. The molecule has 3 amide bonds. The van der Waals surface area contributed by atoms with Crippen LogP contribution in [0.2, 0.25) is 0 Å². The number of anilines is 1. The van der Waals surface area contributed by atoms with Crippen LogP contribution in [0.4, 0.5) is 14.9 Å². The van der Waals surface area contributed by atoms with Gasteiger partial charge in [-0.3, -0.25) is 4.79 Å². The fourth-order valence-corrected chi connectivity index (χ4v) is 2.11. The third-order valence-corrected chi connectivity index (χ3v) is 3.37. The second-order valence-corrected chi connectivity index (χ2v) is 5.20. The fourth-order valence-electron chi connectivity index (χ4n) is 2.11. The molecule has 0 aliphatic rings. The molecule has 3 N–H and O–H groups in total. The molecular formula is C18H20FN3O3. The molecule has 132 valence electrons. The summed E-state index contributed by atoms with van der Waals surface area (Å²) in [4.78, 5) is 23.6. The number of hydrogen-bond donors (Lipinski definition) is 3. The van der Waals surface area contributed by atoms with Crippen molar-refractivity contribution in [2.75, 3.05) is 25.5 Å². The molecule has 0 unspecified atom stereocenters. The molecule has 0 radical (unpaired) electrons. The molecule has 0 aromatic heterocycles. The van der Waals surface area contributed by atoms with Gasteiger partial charge in [0.2, 0.25) is 0 Å². The van der Waals surface area contributed by atoms with Crippen molar-refractivity contribution in [1.82, 2.24) is 10.6 Å². The van der Waals surface area contributed by atoms with E-state index >= 15 is 0 Å². The van der Waals surface area contributed by atoms with Crippen LogP contribution in [0.5, 0.6) is 5.75 Å². The molecular weight excluding hydrogens is 325 g/mol. The maximum absolute atomic E-state index is 13.4. The SMILES string of the molecule is COc1cccc(NC(=O)NCCCNC(=O)c2ccccc2F)c1. The topological polar surface area (TPSA) is 79.5 Å². The van der Waals surface area contributed by atoms with Gasteiger partial charge in [0.1, 0.15) is 11.6 Å². The van der Waals surface area contributed by atoms with Crippen LogP contribution in [0.15, 0.2) is 48.5 Å². The van der Waals surface area contributed by atoms with Gasteiger partial charge in [0.05, 0.1) is 12.7 Å². The van der Waals surface area contributed by atoms with E-state index in [1.54, 1.807) is 37.4 Å². The lowest BCUT2D eigenvalue weighted by Gasteiger charge is -2.09. The predicted octanol–water partition coefficient (Wildman–Crippen LogP) is 2.78. The number of nitrogens with one attached hydrogen (secondary N) is 3. The van der Waals surface area contributed by atoms with Crippen LogP contribution in [0, 0.1) is 5.82 Å². The van der Waals surface area contributed by atoms with Crippen molar-refractivity contribution in [1.29, 1.82) is 0 Å². The number of urea groups is 1. The van der Waals surface area contributed by atoms with E-state index in [4.69, 9.17) is 4.74 Å². The molecule has 7 heteroatoms. The molecule has 2 aromatic rings. The van der Waals surface area contributed by atoms with E-state index in [1.165, 1.54) is 18.2 Å². The number of carbonyl (C=O) groups excluding carboxylic acids is 2. The lowest BCUT2D eigenvalue weighted by molar-refractivity contribution is 0.0949. The zero-order valence-corrected chi connectivity index (χ0v) is 13.8. The number of methoxy groups -OCH3 is 1. The number of benzene rings is 2. The Kier molecular flexibility index (Phi) is 6.76. The number of carbonyl (C=O) groups is 2. The highest BCUT2D eigenvalue weighted by Crippen LogP contribution is 2.16. The summed E-state index contributed by atoms with van der Waals surface area (Å²) in [5.74, 6) is -0.386. The molecule has 0 fully saturated rings. The summed E-state index contributed by atoms with van der Waals surface area (Å²) in [6, 6.07) is 12.4. The predicted molar refractivity (Wildman–Crippen MR) is 93.4 cm³/mol. The molecule has 2 aromatic carbocycles. The van der Waals surface area contributed by atoms with Crippen LogP contribution in [-0.4, -0.2) is 32.1 Å². The first-order valence-corrected chi connectivity index (χ1v) is 7.82. The highest BCUT2D eigenvalue weighted by Gasteiger charge is 2.09. The summed E-state index contributed by atoms with van der Waals surface area (Å²) in [6.45, 7) is 0.694. The summed E-state index contributed by atoms with van der Waals surface area (Å²) in [5.41, 5.74) is 0.621. The fraction of sp³-hybridized carbons (Fsp3) is 0.222. The molecule has 0 saturated carbocycles. The second kappa shape index (κ2) is 9.27. The van der Waals surface area contributed by atoms with Gasteiger partial charge in [0.15, 0.2) is 0 Å². The molecule has 0 aliphatic heterocycles. The van der Waals surface area contributed by atoms with E-state index in [2.05, 4.69) is 16.0 Å². The molecule has 0 saturated heterocycles. The van der Waals surface area contributed by atoms with Crippen molar-refractivity contribution in [2.24, 2.45) is 0 Å². The minimum absolute atomic E-state index is 0.00577. The molecule has 0 atom stereocenters. The summed E-state index contributed by atoms with van der Waals surface area (Å²) in [5, 5.41) is 7.97. The average molecular weight is 345 g/mol. The standard InChI is InChI=1S/C18H20FN3O3/c1-25-14-7-4-6-13(12-14)22-18(24)21-11-5-10-20-17(23)15-8-2-3-9-16(15)19/h2-4,6-9,12H,5,10-11H2,1H3,(H,20,23)(H2,21,22,24). The van der Waals surface area contributed by atoms with Gasteiger partial charge in [-0.25, -0.2) is 9.18 Å². The Morgan fingerprint density at radius 2 is 1.80 bits per heavy atom. The van der Waals surface area contributed by atoms with Crippen molar-refractivity contribution in [2.45, 2.75) is 6.42 Å². The molecule has 0 heterocycles. The third-order valence-electron chi connectivity index (χ3n) is 3.37. The van der Waals surface area contributed by atoms with Crippen LogP contribution < -0.4 is 20.7 Å². The Morgan fingerprint density at radius 3 is 2.56 bits per heavy atom. The minimum atomic E-state index is -0.559. The third kappa shape index (κ3) is 5.80. The first kappa shape index (κ1) is 18.3. The second-order valence-electron chi connectivity index (χ2n) is 5.20. The molecule has 0 spiro atoms. The first-order valence-electron chi connectivity index (χ1n) is 7.82. The quantitative estimate of drug-likeness (QED) is 0.675. The zero-order valence-electron chi connectivity index (χ0n) is 13.8. The van der Waals surface area contributed by atoms with Crippen molar-refractivity contribution in [3.63, 3.8) is 0 Å². The Labute approximate surface area is 145 Å². The first-order chi connectivity index (χ1) is 12.1. The van der Waals surface area contributed by atoms with Crippen LogP contribution in [0.25, 0.3) is 0 Å². The Hall–Kier alpha value is -3.09. The number of halogens is 1. The lowest BCUT2D eigenvalue weighted by Crippen LogP contribution is -2.32. The van der Waals surface area contributed by atoms with Crippen LogP contribution in [0.1, 0.15) is 16.8 Å². The van der Waals surface area contributed by atoms with Crippen LogP contribution >= 0.6 is 0 Å². The summed E-state index contributed by atoms with van der Waals surface area (Å²) in [6.07, 6.45) is 0.520. The van der Waals surface area contributed by atoms with Gasteiger partial charge >= 0.3 is 6.03 Å². The van der Waals surface area contributed by atoms with Gasteiger partial charge in [0.25, 0.3) is 5.91 Å². The molecule has 0 bridgehead atoms. The van der Waals surface area contributed by atoms with Gasteiger partial charge in [-0.1, -0.05) is 18.2 Å². The van der Waals surface area contributed by atoms with Crippen molar-refractivity contribution in [3.05, 3.63) is 59.9 Å². The molecule has 25 heavy (non-hydrogen) atoms. The van der Waals surface area contributed by atoms with E-state index < -0.39 is 11.7 Å². The van der Waals surface area contributed by atoms with E-state index in [0.717, 1.165) is 0 Å². The maximum Gasteiger partial charge on any atom is 0.319 e. The summed E-state index contributed by atoms with van der Waals surface area (Å²) in [7, 11) is 1.55. The number of amides is 3. The van der Waals surface area contributed by atoms with E-state index in [0.29, 0.717) is 30.9 Å². The largest absolute Gasteiger partial charge is 0.497 e. The number of ether oxygens (including phenoxy) is 1. The van der Waals surface area contributed by atoms with Crippen LogP contribution in [0.3, 0.4) is 0 Å². The monoisotopic (exact) mass is 345 g/mol. The maximum atomic E-state index is 13.4. The normalized spacial score (nSPS) is 10.0. The van der Waals surface area contributed by atoms with Gasteiger partial charge < -0.3 is 20.7 Å². The molecule has 2 rings (SSSR count). The van der Waals surface area contributed by atoms with Crippen LogP contribution in [-0.2, 0) is 0 Å². The van der Waals surface area contributed by atoms with E-state index in [-0.39, 0.29) is 11.6 Å². The summed E-state index contributed by atoms with van der Waals surface area (Å²) >= 11 is 0. The van der Waals surface area contributed by atoms with Crippen molar-refractivity contribution < 1.29 is 18.7 Å². The highest BCUT2D eigenvalue weighted by molar-refractivity contribution is 5.94. The van der Waals surface area contributed by atoms with Gasteiger partial charge in [0, 0.05) is 24.8 Å².